The van der Waals surface area contributed by atoms with Crippen LogP contribution < -0.4 is 0 Å². The Morgan fingerprint density at radius 3 is 1.11 bits per heavy atom. The Kier molecular flexibility index (Phi) is 7.14. The van der Waals surface area contributed by atoms with Crippen LogP contribution in [-0.4, -0.2) is 16.1 Å². The van der Waals surface area contributed by atoms with E-state index in [4.69, 9.17) is 9.78 Å². The van der Waals surface area contributed by atoms with Gasteiger partial charge in [-0.2, -0.15) is 0 Å². The first-order valence-corrected chi connectivity index (χ1v) is 17.7. The smallest absolute Gasteiger partial charge is 0.123 e. The lowest BCUT2D eigenvalue weighted by Crippen LogP contribution is -2.41. The zero-order valence-electron chi connectivity index (χ0n) is 19.0. The van der Waals surface area contributed by atoms with E-state index in [1.54, 1.807) is 0 Å². The molecule has 2 aromatic carbocycles. The molecular weight excluding hydrogens is 376 g/mol. The van der Waals surface area contributed by atoms with Gasteiger partial charge in [0.2, 0.25) is 0 Å². The molecule has 0 saturated heterocycles. The highest BCUT2D eigenvalue weighted by molar-refractivity contribution is 6.76. The molecule has 0 fully saturated rings. The third-order valence-electron chi connectivity index (χ3n) is 4.91. The molecule has 4 heteroatoms. The summed E-state index contributed by atoms with van der Waals surface area (Å²) >= 11 is 0. The van der Waals surface area contributed by atoms with Gasteiger partial charge in [-0.05, 0) is 37.1 Å². The maximum absolute atomic E-state index is 6.41. The molecule has 0 heterocycles. The van der Waals surface area contributed by atoms with Crippen LogP contribution in [-0.2, 0) is 21.0 Å². The zero-order chi connectivity index (χ0) is 21.1. The van der Waals surface area contributed by atoms with Crippen molar-refractivity contribution in [2.24, 2.45) is 0 Å². The van der Waals surface area contributed by atoms with Gasteiger partial charge in [0, 0.05) is 16.1 Å². The van der Waals surface area contributed by atoms with Crippen molar-refractivity contribution in [2.45, 2.75) is 76.4 Å². The summed E-state index contributed by atoms with van der Waals surface area (Å²) in [6, 6.07) is 23.1. The minimum absolute atomic E-state index is 0.457. The highest BCUT2D eigenvalue weighted by Gasteiger charge is 2.40. The van der Waals surface area contributed by atoms with Crippen molar-refractivity contribution in [1.29, 1.82) is 0 Å². The van der Waals surface area contributed by atoms with Crippen molar-refractivity contribution in [3.63, 3.8) is 0 Å². The molecule has 28 heavy (non-hydrogen) atoms. The lowest BCUT2D eigenvalue weighted by Gasteiger charge is -2.40. The molecule has 2 rings (SSSR count). The molecule has 0 aromatic heterocycles. The van der Waals surface area contributed by atoms with E-state index in [0.29, 0.717) is 0 Å². The second-order valence-electron chi connectivity index (χ2n) is 10.8. The highest BCUT2D eigenvalue weighted by Crippen LogP contribution is 2.40. The Morgan fingerprint density at radius 1 is 0.571 bits per heavy atom. The Labute approximate surface area is 174 Å². The highest BCUT2D eigenvalue weighted by atomic mass is 28.3. The third-order valence-corrected chi connectivity index (χ3v) is 8.38. The molecule has 0 radical (unpaired) electrons. The third kappa shape index (κ3) is 6.69. The summed E-state index contributed by atoms with van der Waals surface area (Å²) in [7, 11) is -2.79. The Hall–Kier alpha value is -1.21. The summed E-state index contributed by atoms with van der Waals surface area (Å²) in [6.45, 7) is 18.7. The van der Waals surface area contributed by atoms with E-state index in [1.807, 2.05) is 0 Å². The SMILES string of the molecule is CC(C[Si](C)(C)C)(OOC(C)(C[Si](C)(C)C)c1ccccc1)c1ccccc1. The van der Waals surface area contributed by atoms with Gasteiger partial charge in [-0.15, -0.1) is 0 Å². The van der Waals surface area contributed by atoms with Gasteiger partial charge in [0.1, 0.15) is 11.2 Å². The molecule has 0 aliphatic rings. The van der Waals surface area contributed by atoms with E-state index in [-0.39, 0.29) is 0 Å². The van der Waals surface area contributed by atoms with E-state index >= 15 is 0 Å². The van der Waals surface area contributed by atoms with Gasteiger partial charge in [-0.25, -0.2) is 9.78 Å². The molecule has 0 bridgehead atoms. The second-order valence-corrected chi connectivity index (χ2v) is 21.8. The standard InChI is InChI=1S/C24H38O2Si2/c1-23(19-27(3,4)5,21-15-11-9-12-16-21)25-26-24(2,20-28(6,7)8)22-17-13-10-14-18-22/h9-18H,19-20H2,1-8H3. The molecular formula is C24H38O2Si2. The fraction of sp³-hybridized carbons (Fsp3) is 0.500. The summed E-state index contributed by atoms with van der Waals surface area (Å²) in [5.41, 5.74) is 1.45. The van der Waals surface area contributed by atoms with E-state index in [0.717, 1.165) is 12.1 Å². The first-order chi connectivity index (χ1) is 12.8. The van der Waals surface area contributed by atoms with Crippen LogP contribution >= 0.6 is 0 Å². The van der Waals surface area contributed by atoms with Crippen molar-refractivity contribution in [3.8, 4) is 0 Å². The summed E-state index contributed by atoms with van der Waals surface area (Å²) < 4.78 is 0. The monoisotopic (exact) mass is 414 g/mol. The lowest BCUT2D eigenvalue weighted by atomic mass is 9.97. The average molecular weight is 415 g/mol. The predicted molar refractivity (Wildman–Crippen MR) is 126 cm³/mol. The van der Waals surface area contributed by atoms with Gasteiger partial charge >= 0.3 is 0 Å². The van der Waals surface area contributed by atoms with Crippen LogP contribution in [0.3, 0.4) is 0 Å². The van der Waals surface area contributed by atoms with Gasteiger partial charge in [-0.1, -0.05) is 99.9 Å². The van der Waals surface area contributed by atoms with Crippen molar-refractivity contribution in [3.05, 3.63) is 71.8 Å². The summed E-state index contributed by atoms with van der Waals surface area (Å²) in [6.07, 6.45) is 0. The van der Waals surface area contributed by atoms with Crippen molar-refractivity contribution >= 4 is 16.1 Å². The normalized spacial score (nSPS) is 17.0. The average Bonchev–Trinajstić information content (AvgIpc) is 2.59. The first kappa shape index (κ1) is 23.1. The first-order valence-electron chi connectivity index (χ1n) is 10.3. The van der Waals surface area contributed by atoms with Crippen LogP contribution in [0.25, 0.3) is 0 Å². The van der Waals surface area contributed by atoms with Crippen LogP contribution in [0.4, 0.5) is 0 Å². The molecule has 0 aliphatic carbocycles. The Bertz CT molecular complexity index is 669. The van der Waals surface area contributed by atoms with Gasteiger partial charge < -0.3 is 0 Å². The van der Waals surface area contributed by atoms with Crippen LogP contribution in [0.15, 0.2) is 60.7 Å². The van der Waals surface area contributed by atoms with Crippen molar-refractivity contribution in [2.75, 3.05) is 0 Å². The molecule has 2 atom stereocenters. The molecule has 2 unspecified atom stereocenters. The van der Waals surface area contributed by atoms with Crippen molar-refractivity contribution in [1.82, 2.24) is 0 Å². The summed E-state index contributed by atoms with van der Waals surface area (Å²) in [5, 5.41) is 0. The summed E-state index contributed by atoms with van der Waals surface area (Å²) in [4.78, 5) is 12.8. The fourth-order valence-corrected chi connectivity index (χ4v) is 8.72. The van der Waals surface area contributed by atoms with E-state index in [1.165, 1.54) is 11.1 Å². The van der Waals surface area contributed by atoms with E-state index in [2.05, 4.69) is 114 Å². The van der Waals surface area contributed by atoms with Crippen LogP contribution in [0, 0.1) is 0 Å². The zero-order valence-corrected chi connectivity index (χ0v) is 21.0. The van der Waals surface area contributed by atoms with Crippen LogP contribution in [0.5, 0.6) is 0 Å². The minimum atomic E-state index is -1.39. The molecule has 0 spiro atoms. The van der Waals surface area contributed by atoms with Gasteiger partial charge in [0.15, 0.2) is 0 Å². The summed E-state index contributed by atoms with van der Waals surface area (Å²) in [5.74, 6) is 0. The van der Waals surface area contributed by atoms with Crippen LogP contribution in [0.1, 0.15) is 25.0 Å². The maximum atomic E-state index is 6.41. The lowest BCUT2D eigenvalue weighted by molar-refractivity contribution is -0.410. The number of rotatable bonds is 9. The predicted octanol–water partition coefficient (Wildman–Crippen LogP) is 7.44. The fourth-order valence-electron chi connectivity index (χ4n) is 4.15. The van der Waals surface area contributed by atoms with E-state index < -0.39 is 27.3 Å². The molecule has 2 nitrogen and oxygen atoms in total. The molecule has 154 valence electrons. The van der Waals surface area contributed by atoms with Gasteiger partial charge in [0.05, 0.1) is 0 Å². The Balaban J connectivity index is 2.36. The van der Waals surface area contributed by atoms with E-state index in [9.17, 15) is 0 Å². The minimum Gasteiger partial charge on any atom is -0.225 e. The van der Waals surface area contributed by atoms with Crippen LogP contribution in [0.2, 0.25) is 51.4 Å². The number of hydrogen-bond acceptors (Lipinski definition) is 2. The number of hydrogen-bond donors (Lipinski definition) is 0. The molecule has 0 amide bonds. The topological polar surface area (TPSA) is 18.5 Å². The molecule has 0 saturated carbocycles. The second kappa shape index (κ2) is 8.66. The van der Waals surface area contributed by atoms with Gasteiger partial charge in [-0.3, -0.25) is 0 Å². The van der Waals surface area contributed by atoms with Gasteiger partial charge in [0.25, 0.3) is 0 Å². The molecule has 0 aliphatic heterocycles. The number of benzene rings is 2. The quantitative estimate of drug-likeness (QED) is 0.241. The maximum Gasteiger partial charge on any atom is 0.123 e. The van der Waals surface area contributed by atoms with Crippen molar-refractivity contribution < 1.29 is 9.78 Å². The molecule has 2 aromatic rings. The Morgan fingerprint density at radius 2 is 0.857 bits per heavy atom. The largest absolute Gasteiger partial charge is 0.225 e. The molecule has 0 N–H and O–H groups in total.